The Bertz CT molecular complexity index is 490. The minimum absolute atomic E-state index is 0.232. The van der Waals surface area contributed by atoms with E-state index in [4.69, 9.17) is 5.73 Å². The van der Waals surface area contributed by atoms with Gasteiger partial charge in [0.1, 0.15) is 10.1 Å². The molecule has 2 heterocycles. The second kappa shape index (κ2) is 3.38. The van der Waals surface area contributed by atoms with Gasteiger partial charge in [-0.2, -0.15) is 4.98 Å². The Morgan fingerprint density at radius 2 is 2.36 bits per heavy atom. The number of nitrogens with two attached hydrogens (primary N) is 1. The Hall–Kier alpha value is -1.43. The molecule has 0 aliphatic heterocycles. The van der Waals surface area contributed by atoms with Crippen LogP contribution in [0.2, 0.25) is 0 Å². The molecule has 0 spiro atoms. The molecule has 5 nitrogen and oxygen atoms in total. The van der Waals surface area contributed by atoms with Gasteiger partial charge >= 0.3 is 0 Å². The molecule has 2 rings (SSSR count). The molecule has 0 amide bonds. The molecular weight excluding hydrogens is 246 g/mol. The molecule has 2 aromatic heterocycles. The largest absolute Gasteiger partial charge is 0.368 e. The fraction of sp³-hybridized carbons (Fsp3) is 0.125. The molecule has 0 unspecified atom stereocenters. The van der Waals surface area contributed by atoms with Gasteiger partial charge in [-0.25, -0.2) is 9.97 Å². The lowest BCUT2D eigenvalue weighted by atomic mass is 10.5. The summed E-state index contributed by atoms with van der Waals surface area (Å²) in [7, 11) is 0. The maximum atomic E-state index is 5.53. The first-order valence-corrected chi connectivity index (χ1v) is 4.76. The normalized spacial score (nSPS) is 10.6. The van der Waals surface area contributed by atoms with Gasteiger partial charge in [-0.15, -0.1) is 6.58 Å². The first kappa shape index (κ1) is 9.14. The van der Waals surface area contributed by atoms with E-state index in [1.165, 1.54) is 0 Å². The van der Waals surface area contributed by atoms with Crippen LogP contribution in [0.5, 0.6) is 0 Å². The Kier molecular flexibility index (Phi) is 2.20. The first-order chi connectivity index (χ1) is 6.72. The molecule has 72 valence electrons. The van der Waals surface area contributed by atoms with Gasteiger partial charge in [0, 0.05) is 6.54 Å². The smallest absolute Gasteiger partial charge is 0.223 e. The van der Waals surface area contributed by atoms with Gasteiger partial charge in [0.2, 0.25) is 5.95 Å². The minimum atomic E-state index is 0.232. The number of allylic oxidation sites excluding steroid dienone is 1. The standard InChI is InChI=1S/C8H8BrN5/c1-2-3-14-4-11-5-6(9)12-8(10)13-7(5)14/h2,4H,1,3H2,(H2,10,12,13). The van der Waals surface area contributed by atoms with Crippen molar-refractivity contribution in [3.63, 3.8) is 0 Å². The highest BCUT2D eigenvalue weighted by Gasteiger charge is 2.08. The van der Waals surface area contributed by atoms with Crippen molar-refractivity contribution in [3.8, 4) is 0 Å². The van der Waals surface area contributed by atoms with Gasteiger partial charge in [-0.3, -0.25) is 0 Å². The Labute approximate surface area is 88.8 Å². The third-order valence-electron chi connectivity index (χ3n) is 1.76. The van der Waals surface area contributed by atoms with Crippen LogP contribution < -0.4 is 5.73 Å². The van der Waals surface area contributed by atoms with Crippen molar-refractivity contribution in [2.24, 2.45) is 0 Å². The summed E-state index contributed by atoms with van der Waals surface area (Å²) in [5.74, 6) is 0.232. The average Bonchev–Trinajstić information content (AvgIpc) is 2.49. The summed E-state index contributed by atoms with van der Waals surface area (Å²) in [6.07, 6.45) is 3.46. The quantitative estimate of drug-likeness (QED) is 0.648. The lowest BCUT2D eigenvalue weighted by Crippen LogP contribution is -1.99. The van der Waals surface area contributed by atoms with E-state index >= 15 is 0 Å². The number of imidazole rings is 1. The van der Waals surface area contributed by atoms with E-state index in [1.54, 1.807) is 12.4 Å². The van der Waals surface area contributed by atoms with Gasteiger partial charge in [-0.05, 0) is 15.9 Å². The molecule has 0 fully saturated rings. The Morgan fingerprint density at radius 1 is 1.57 bits per heavy atom. The molecule has 2 N–H and O–H groups in total. The summed E-state index contributed by atoms with van der Waals surface area (Å²) in [6.45, 7) is 4.30. The molecule has 0 aliphatic carbocycles. The van der Waals surface area contributed by atoms with Crippen molar-refractivity contribution < 1.29 is 0 Å². The number of rotatable bonds is 2. The predicted molar refractivity (Wildman–Crippen MR) is 57.6 cm³/mol. The van der Waals surface area contributed by atoms with E-state index in [1.807, 2.05) is 4.57 Å². The minimum Gasteiger partial charge on any atom is -0.368 e. The third kappa shape index (κ3) is 1.37. The summed E-state index contributed by atoms with van der Waals surface area (Å²) in [5.41, 5.74) is 6.95. The van der Waals surface area contributed by atoms with Crippen LogP contribution in [0.1, 0.15) is 0 Å². The first-order valence-electron chi connectivity index (χ1n) is 3.97. The second-order valence-corrected chi connectivity index (χ2v) is 3.48. The molecule has 0 radical (unpaired) electrons. The molecular formula is C8H8BrN5. The second-order valence-electron chi connectivity index (χ2n) is 2.73. The van der Waals surface area contributed by atoms with Gasteiger partial charge in [0.05, 0.1) is 6.33 Å². The van der Waals surface area contributed by atoms with Crippen molar-refractivity contribution in [1.29, 1.82) is 0 Å². The van der Waals surface area contributed by atoms with Crippen LogP contribution in [0, 0.1) is 0 Å². The van der Waals surface area contributed by atoms with E-state index in [0.29, 0.717) is 22.3 Å². The molecule has 14 heavy (non-hydrogen) atoms. The van der Waals surface area contributed by atoms with E-state index in [9.17, 15) is 0 Å². The van der Waals surface area contributed by atoms with Crippen LogP contribution in [0.25, 0.3) is 11.2 Å². The maximum Gasteiger partial charge on any atom is 0.223 e. The van der Waals surface area contributed by atoms with E-state index in [-0.39, 0.29) is 5.95 Å². The van der Waals surface area contributed by atoms with Crippen LogP contribution in [-0.4, -0.2) is 19.5 Å². The van der Waals surface area contributed by atoms with E-state index < -0.39 is 0 Å². The fourth-order valence-electron chi connectivity index (χ4n) is 1.20. The zero-order valence-electron chi connectivity index (χ0n) is 7.31. The van der Waals surface area contributed by atoms with Gasteiger partial charge in [0.25, 0.3) is 0 Å². The topological polar surface area (TPSA) is 69.6 Å². The predicted octanol–water partition coefficient (Wildman–Crippen LogP) is 1.36. The number of hydrogen-bond donors (Lipinski definition) is 1. The van der Waals surface area contributed by atoms with Crippen LogP contribution in [0.3, 0.4) is 0 Å². The highest BCUT2D eigenvalue weighted by molar-refractivity contribution is 9.10. The molecule has 0 aliphatic rings. The van der Waals surface area contributed by atoms with Gasteiger partial charge in [0.15, 0.2) is 5.65 Å². The summed E-state index contributed by atoms with van der Waals surface area (Å²) >= 11 is 3.28. The monoisotopic (exact) mass is 253 g/mol. The van der Waals surface area contributed by atoms with Crippen molar-refractivity contribution >= 4 is 33.0 Å². The SMILES string of the molecule is C=CCn1cnc2c(Br)nc(N)nc21. The molecule has 0 bridgehead atoms. The van der Waals surface area contributed by atoms with Gasteiger partial charge in [-0.1, -0.05) is 6.08 Å². The Morgan fingerprint density at radius 3 is 3.07 bits per heavy atom. The fourth-order valence-corrected chi connectivity index (χ4v) is 1.66. The highest BCUT2D eigenvalue weighted by Crippen LogP contribution is 2.19. The highest BCUT2D eigenvalue weighted by atomic mass is 79.9. The van der Waals surface area contributed by atoms with Crippen molar-refractivity contribution in [3.05, 3.63) is 23.6 Å². The van der Waals surface area contributed by atoms with E-state index in [2.05, 4.69) is 37.5 Å². The zero-order chi connectivity index (χ0) is 10.1. The molecule has 0 saturated carbocycles. The number of halogens is 1. The summed E-state index contributed by atoms with van der Waals surface area (Å²) in [6, 6.07) is 0. The van der Waals surface area contributed by atoms with Crippen molar-refractivity contribution in [1.82, 2.24) is 19.5 Å². The molecule has 6 heteroatoms. The van der Waals surface area contributed by atoms with Crippen LogP contribution >= 0.6 is 15.9 Å². The number of anilines is 1. The summed E-state index contributed by atoms with van der Waals surface area (Å²) in [5, 5.41) is 0. The van der Waals surface area contributed by atoms with Crippen molar-refractivity contribution in [2.75, 3.05) is 5.73 Å². The molecule has 0 saturated heterocycles. The van der Waals surface area contributed by atoms with Crippen molar-refractivity contribution in [2.45, 2.75) is 6.54 Å². The van der Waals surface area contributed by atoms with E-state index in [0.717, 1.165) is 0 Å². The van der Waals surface area contributed by atoms with Crippen LogP contribution in [0.15, 0.2) is 23.6 Å². The number of fused-ring (bicyclic) bond motifs is 1. The Balaban J connectivity index is 2.71. The summed E-state index contributed by atoms with van der Waals surface area (Å²) < 4.78 is 2.47. The number of hydrogen-bond acceptors (Lipinski definition) is 4. The van der Waals surface area contributed by atoms with Gasteiger partial charge < -0.3 is 10.3 Å². The molecule has 0 aromatic carbocycles. The lowest BCUT2D eigenvalue weighted by molar-refractivity contribution is 0.839. The number of nitrogen functional groups attached to an aromatic ring is 1. The lowest BCUT2D eigenvalue weighted by Gasteiger charge is -1.99. The number of nitrogens with zero attached hydrogens (tertiary/aromatic N) is 4. The van der Waals surface area contributed by atoms with Crippen LogP contribution in [0.4, 0.5) is 5.95 Å². The zero-order valence-corrected chi connectivity index (χ0v) is 8.90. The third-order valence-corrected chi connectivity index (χ3v) is 2.32. The molecule has 0 atom stereocenters. The van der Waals surface area contributed by atoms with Crippen LogP contribution in [-0.2, 0) is 6.54 Å². The molecule has 2 aromatic rings. The summed E-state index contributed by atoms with van der Waals surface area (Å²) in [4.78, 5) is 12.2. The average molecular weight is 254 g/mol. The number of aromatic nitrogens is 4. The maximum absolute atomic E-state index is 5.53.